The monoisotopic (exact) mass is 148 g/mol. The van der Waals surface area contributed by atoms with Crippen LogP contribution < -0.4 is 0 Å². The van der Waals surface area contributed by atoms with E-state index in [0.717, 1.165) is 0 Å². The van der Waals surface area contributed by atoms with Crippen LogP contribution in [0.3, 0.4) is 0 Å². The largest absolute Gasteiger partial charge is 0.0850 e. The molecule has 0 atom stereocenters. The zero-order chi connectivity index (χ0) is 7.52. The predicted octanol–water partition coefficient (Wildman–Crippen LogP) is 3.60. The molecule has 0 heteroatoms. The summed E-state index contributed by atoms with van der Waals surface area (Å²) in [7, 11) is 0. The van der Waals surface area contributed by atoms with Gasteiger partial charge in [-0.15, -0.1) is 0 Å². The highest BCUT2D eigenvalue weighted by Crippen LogP contribution is 2.31. The number of hydrogen-bond acceptors (Lipinski definition) is 0. The summed E-state index contributed by atoms with van der Waals surface area (Å²) in [6.45, 7) is 0. The van der Waals surface area contributed by atoms with Crippen LogP contribution in [0.5, 0.6) is 0 Å². The number of rotatable bonds is 0. The van der Waals surface area contributed by atoms with Crippen molar-refractivity contribution in [1.82, 2.24) is 0 Å². The quantitative estimate of drug-likeness (QED) is 0.460. The Balaban J connectivity index is 2.12. The van der Waals surface area contributed by atoms with E-state index in [0.29, 0.717) is 0 Å². The first kappa shape index (κ1) is 7.15. The third kappa shape index (κ3) is 1.74. The van der Waals surface area contributed by atoms with Crippen LogP contribution >= 0.6 is 0 Å². The molecule has 2 bridgehead atoms. The van der Waals surface area contributed by atoms with Crippen molar-refractivity contribution in [3.05, 3.63) is 23.3 Å². The van der Waals surface area contributed by atoms with Crippen LogP contribution in [0.4, 0.5) is 0 Å². The summed E-state index contributed by atoms with van der Waals surface area (Å²) in [6.07, 6.45) is 14.4. The van der Waals surface area contributed by atoms with Crippen LogP contribution in [-0.4, -0.2) is 0 Å². The summed E-state index contributed by atoms with van der Waals surface area (Å²) in [5.41, 5.74) is 3.41. The Kier molecular flexibility index (Phi) is 2.11. The molecule has 0 radical (unpaired) electrons. The molecule has 0 N–H and O–H groups in total. The molecule has 2 aliphatic carbocycles. The van der Waals surface area contributed by atoms with Gasteiger partial charge < -0.3 is 0 Å². The van der Waals surface area contributed by atoms with Gasteiger partial charge in [0.25, 0.3) is 0 Å². The van der Waals surface area contributed by atoms with E-state index in [2.05, 4.69) is 12.2 Å². The maximum absolute atomic E-state index is 2.48. The van der Waals surface area contributed by atoms with Crippen molar-refractivity contribution in [2.45, 2.75) is 44.9 Å². The second-order valence-corrected chi connectivity index (χ2v) is 3.69. The maximum atomic E-state index is 2.48. The molecule has 11 heavy (non-hydrogen) atoms. The molecule has 0 nitrogen and oxygen atoms in total. The van der Waals surface area contributed by atoms with Crippen LogP contribution in [0.1, 0.15) is 44.9 Å². The fourth-order valence-corrected chi connectivity index (χ4v) is 2.04. The van der Waals surface area contributed by atoms with Crippen LogP contribution in [-0.2, 0) is 0 Å². The van der Waals surface area contributed by atoms with Crippen molar-refractivity contribution in [3.8, 4) is 0 Å². The number of fused-ring (bicyclic) bond motifs is 2. The summed E-state index contributed by atoms with van der Waals surface area (Å²) in [5.74, 6) is 0. The van der Waals surface area contributed by atoms with Crippen molar-refractivity contribution in [1.29, 1.82) is 0 Å². The molecule has 1 fully saturated rings. The lowest BCUT2D eigenvalue weighted by Gasteiger charge is -1.95. The molecule has 0 aromatic rings. The lowest BCUT2D eigenvalue weighted by atomic mass is 10.1. The third-order valence-corrected chi connectivity index (χ3v) is 2.75. The zero-order valence-corrected chi connectivity index (χ0v) is 7.10. The molecule has 60 valence electrons. The van der Waals surface area contributed by atoms with Crippen LogP contribution in [0.2, 0.25) is 0 Å². The van der Waals surface area contributed by atoms with Gasteiger partial charge in [-0.3, -0.25) is 0 Å². The Hall–Kier alpha value is -0.520. The fraction of sp³-hybridized carbons (Fsp3) is 0.636. The van der Waals surface area contributed by atoms with Crippen molar-refractivity contribution in [3.63, 3.8) is 0 Å². The second kappa shape index (κ2) is 3.25. The minimum Gasteiger partial charge on any atom is -0.0850 e. The molecule has 0 heterocycles. The highest BCUT2D eigenvalue weighted by molar-refractivity contribution is 5.23. The molecule has 0 aromatic carbocycles. The Morgan fingerprint density at radius 2 is 1.36 bits per heavy atom. The Bertz CT molecular complexity index is 174. The van der Waals surface area contributed by atoms with Gasteiger partial charge in [-0.25, -0.2) is 0 Å². The molecule has 0 spiro atoms. The first-order valence-corrected chi connectivity index (χ1v) is 4.81. The van der Waals surface area contributed by atoms with Gasteiger partial charge >= 0.3 is 0 Å². The number of hydrogen-bond donors (Lipinski definition) is 0. The molecule has 1 saturated carbocycles. The average molecular weight is 148 g/mol. The summed E-state index contributed by atoms with van der Waals surface area (Å²) >= 11 is 0. The lowest BCUT2D eigenvalue weighted by molar-refractivity contribution is 0.754. The lowest BCUT2D eigenvalue weighted by Crippen LogP contribution is -1.75. The Morgan fingerprint density at radius 3 is 1.91 bits per heavy atom. The Labute approximate surface area is 69.0 Å². The molecule has 2 aliphatic rings. The van der Waals surface area contributed by atoms with Gasteiger partial charge in [0, 0.05) is 0 Å². The SMILES string of the molecule is C1=C2CCC(=CCCCC1)C2. The molecule has 2 rings (SSSR count). The van der Waals surface area contributed by atoms with Gasteiger partial charge in [0.15, 0.2) is 0 Å². The molecule has 0 aromatic heterocycles. The second-order valence-electron chi connectivity index (χ2n) is 3.69. The normalized spacial score (nSPS) is 24.7. The van der Waals surface area contributed by atoms with E-state index in [1.807, 2.05) is 0 Å². The molecular formula is C11H16. The number of allylic oxidation sites excluding steroid dienone is 4. The van der Waals surface area contributed by atoms with Gasteiger partial charge in [-0.2, -0.15) is 0 Å². The summed E-state index contributed by atoms with van der Waals surface area (Å²) < 4.78 is 0. The van der Waals surface area contributed by atoms with Crippen LogP contribution in [0, 0.1) is 0 Å². The van der Waals surface area contributed by atoms with Gasteiger partial charge in [-0.05, 0) is 44.9 Å². The van der Waals surface area contributed by atoms with E-state index in [-0.39, 0.29) is 0 Å². The molecule has 0 aliphatic heterocycles. The maximum Gasteiger partial charge on any atom is -0.0108 e. The minimum atomic E-state index is 1.31. The third-order valence-electron chi connectivity index (χ3n) is 2.75. The van der Waals surface area contributed by atoms with Crippen LogP contribution in [0.15, 0.2) is 23.3 Å². The highest BCUT2D eigenvalue weighted by Gasteiger charge is 2.11. The first-order chi connectivity index (χ1) is 5.45. The molecule has 0 saturated heterocycles. The van der Waals surface area contributed by atoms with Gasteiger partial charge in [0.1, 0.15) is 0 Å². The predicted molar refractivity (Wildman–Crippen MR) is 48.5 cm³/mol. The van der Waals surface area contributed by atoms with Gasteiger partial charge in [-0.1, -0.05) is 23.3 Å². The fourth-order valence-electron chi connectivity index (χ4n) is 2.04. The van der Waals surface area contributed by atoms with Crippen molar-refractivity contribution < 1.29 is 0 Å². The summed E-state index contributed by atoms with van der Waals surface area (Å²) in [6, 6.07) is 0. The van der Waals surface area contributed by atoms with E-state index >= 15 is 0 Å². The molecular weight excluding hydrogens is 132 g/mol. The smallest absolute Gasteiger partial charge is 0.0108 e. The zero-order valence-electron chi connectivity index (χ0n) is 7.10. The van der Waals surface area contributed by atoms with E-state index in [4.69, 9.17) is 0 Å². The van der Waals surface area contributed by atoms with E-state index in [1.54, 1.807) is 11.1 Å². The highest BCUT2D eigenvalue weighted by atomic mass is 14.2. The van der Waals surface area contributed by atoms with Crippen molar-refractivity contribution in [2.24, 2.45) is 0 Å². The van der Waals surface area contributed by atoms with Crippen LogP contribution in [0.25, 0.3) is 0 Å². The summed E-state index contributed by atoms with van der Waals surface area (Å²) in [4.78, 5) is 0. The first-order valence-electron chi connectivity index (χ1n) is 4.81. The standard InChI is InChI=1S/C11H16/c1-2-4-6-11-8-7-10(9-11)5-3-1/h5-6H,1-4,7-9H2. The van der Waals surface area contributed by atoms with Gasteiger partial charge in [0.2, 0.25) is 0 Å². The molecule has 0 unspecified atom stereocenters. The average Bonchev–Trinajstić information content (AvgIpc) is 2.49. The van der Waals surface area contributed by atoms with E-state index < -0.39 is 0 Å². The van der Waals surface area contributed by atoms with Crippen molar-refractivity contribution >= 4 is 0 Å². The molecule has 0 amide bonds. The van der Waals surface area contributed by atoms with Gasteiger partial charge in [0.05, 0.1) is 0 Å². The summed E-state index contributed by atoms with van der Waals surface area (Å²) in [5, 5.41) is 0. The Morgan fingerprint density at radius 1 is 0.818 bits per heavy atom. The van der Waals surface area contributed by atoms with Crippen molar-refractivity contribution in [2.75, 3.05) is 0 Å². The topological polar surface area (TPSA) is 0 Å². The van der Waals surface area contributed by atoms with E-state index in [1.165, 1.54) is 44.9 Å². The van der Waals surface area contributed by atoms with E-state index in [9.17, 15) is 0 Å². The minimum absolute atomic E-state index is 1.31.